The summed E-state index contributed by atoms with van der Waals surface area (Å²) in [7, 11) is 1.43. The zero-order chi connectivity index (χ0) is 26.6. The van der Waals surface area contributed by atoms with Gasteiger partial charge in [-0.2, -0.15) is 9.97 Å². The Morgan fingerprint density at radius 2 is 1.97 bits per heavy atom. The minimum atomic E-state index is -2.84. The number of halogens is 3. The summed E-state index contributed by atoms with van der Waals surface area (Å²) < 4.78 is 33.6. The SMILES string of the molecule is C=CCc1ccc(-c2cc(Cl)ccc2C(=O)Nc2cc(OC)nc(N3CCC(F)(F)C(C=C)C3)n2)cc1. The Balaban J connectivity index is 1.62. The molecule has 1 amide bonds. The lowest BCUT2D eigenvalue weighted by atomic mass is 9.94. The normalized spacial score (nSPS) is 16.6. The van der Waals surface area contributed by atoms with Crippen molar-refractivity contribution in [2.75, 3.05) is 30.4 Å². The molecule has 4 rings (SSSR count). The number of amides is 1. The Morgan fingerprint density at radius 1 is 1.22 bits per heavy atom. The summed E-state index contributed by atoms with van der Waals surface area (Å²) in [6.45, 7) is 7.36. The molecule has 0 bridgehead atoms. The van der Waals surface area contributed by atoms with E-state index in [-0.39, 0.29) is 37.2 Å². The Kier molecular flexibility index (Phi) is 7.88. The van der Waals surface area contributed by atoms with Gasteiger partial charge in [0.25, 0.3) is 11.8 Å². The predicted molar refractivity (Wildman–Crippen MR) is 143 cm³/mol. The van der Waals surface area contributed by atoms with E-state index in [0.717, 1.165) is 17.5 Å². The monoisotopic (exact) mass is 524 g/mol. The Hall–Kier alpha value is -3.78. The van der Waals surface area contributed by atoms with Gasteiger partial charge in [-0.05, 0) is 41.3 Å². The summed E-state index contributed by atoms with van der Waals surface area (Å²) in [5, 5.41) is 3.29. The van der Waals surface area contributed by atoms with Crippen molar-refractivity contribution >= 4 is 29.3 Å². The van der Waals surface area contributed by atoms with Crippen LogP contribution in [0.1, 0.15) is 22.3 Å². The van der Waals surface area contributed by atoms with Gasteiger partial charge in [0.2, 0.25) is 11.8 Å². The molecule has 1 fully saturated rings. The van der Waals surface area contributed by atoms with Gasteiger partial charge in [0.05, 0.1) is 13.0 Å². The minimum absolute atomic E-state index is 0.000234. The summed E-state index contributed by atoms with van der Waals surface area (Å²) >= 11 is 6.25. The van der Waals surface area contributed by atoms with Crippen molar-refractivity contribution in [1.82, 2.24) is 9.97 Å². The lowest BCUT2D eigenvalue weighted by molar-refractivity contribution is -0.0545. The smallest absolute Gasteiger partial charge is 0.257 e. The molecule has 1 aliphatic rings. The molecule has 0 saturated carbocycles. The molecule has 192 valence electrons. The van der Waals surface area contributed by atoms with Crippen molar-refractivity contribution in [3.05, 3.63) is 90.0 Å². The average molecular weight is 525 g/mol. The number of alkyl halides is 2. The number of anilines is 2. The van der Waals surface area contributed by atoms with Gasteiger partial charge in [-0.1, -0.05) is 48.0 Å². The fraction of sp³-hybridized carbons (Fsp3) is 0.250. The molecule has 2 aromatic carbocycles. The third-order valence-electron chi connectivity index (χ3n) is 6.25. The van der Waals surface area contributed by atoms with E-state index in [2.05, 4.69) is 28.4 Å². The predicted octanol–water partition coefficient (Wildman–Crippen LogP) is 6.43. The van der Waals surface area contributed by atoms with Gasteiger partial charge in [0.15, 0.2) is 0 Å². The zero-order valence-electron chi connectivity index (χ0n) is 20.4. The second kappa shape index (κ2) is 11.1. The number of hydrogen-bond donors (Lipinski definition) is 1. The van der Waals surface area contributed by atoms with Crippen LogP contribution in [0, 0.1) is 5.92 Å². The number of nitrogens with zero attached hydrogens (tertiary/aromatic N) is 3. The summed E-state index contributed by atoms with van der Waals surface area (Å²) in [6, 6.07) is 14.3. The number of allylic oxidation sites excluding steroid dienone is 1. The summed E-state index contributed by atoms with van der Waals surface area (Å²) in [5.74, 6) is -3.73. The number of rotatable bonds is 8. The average Bonchev–Trinajstić information content (AvgIpc) is 2.88. The highest BCUT2D eigenvalue weighted by Gasteiger charge is 2.43. The van der Waals surface area contributed by atoms with Crippen LogP contribution in [0.25, 0.3) is 11.1 Å². The molecule has 1 saturated heterocycles. The van der Waals surface area contributed by atoms with Gasteiger partial charge in [0.1, 0.15) is 5.82 Å². The van der Waals surface area contributed by atoms with E-state index in [1.165, 1.54) is 19.3 Å². The maximum Gasteiger partial charge on any atom is 0.257 e. The van der Waals surface area contributed by atoms with E-state index in [9.17, 15) is 13.6 Å². The first-order valence-corrected chi connectivity index (χ1v) is 12.1. The number of benzene rings is 2. The molecule has 0 spiro atoms. The van der Waals surface area contributed by atoms with Crippen LogP contribution < -0.4 is 15.0 Å². The van der Waals surface area contributed by atoms with Crippen LogP contribution in [-0.4, -0.2) is 42.0 Å². The Morgan fingerprint density at radius 3 is 2.65 bits per heavy atom. The highest BCUT2D eigenvalue weighted by Crippen LogP contribution is 2.36. The first-order valence-electron chi connectivity index (χ1n) is 11.7. The molecule has 1 atom stereocenters. The molecule has 9 heteroatoms. The van der Waals surface area contributed by atoms with E-state index >= 15 is 0 Å². The molecule has 1 unspecified atom stereocenters. The highest BCUT2D eigenvalue weighted by molar-refractivity contribution is 6.31. The van der Waals surface area contributed by atoms with Crippen molar-refractivity contribution in [3.8, 4) is 17.0 Å². The number of hydrogen-bond acceptors (Lipinski definition) is 5. The lowest BCUT2D eigenvalue weighted by Gasteiger charge is -2.37. The minimum Gasteiger partial charge on any atom is -0.481 e. The first-order chi connectivity index (χ1) is 17.7. The van der Waals surface area contributed by atoms with Crippen LogP contribution in [-0.2, 0) is 6.42 Å². The van der Waals surface area contributed by atoms with Gasteiger partial charge in [0, 0.05) is 36.2 Å². The van der Waals surface area contributed by atoms with E-state index in [4.69, 9.17) is 16.3 Å². The molecule has 1 aliphatic heterocycles. The summed E-state index contributed by atoms with van der Waals surface area (Å²) in [5.41, 5.74) is 2.97. The van der Waals surface area contributed by atoms with Crippen molar-refractivity contribution in [2.45, 2.75) is 18.8 Å². The van der Waals surface area contributed by atoms with Crippen molar-refractivity contribution in [1.29, 1.82) is 0 Å². The number of methoxy groups -OCH3 is 1. The van der Waals surface area contributed by atoms with Crippen LogP contribution in [0.4, 0.5) is 20.5 Å². The quantitative estimate of drug-likeness (QED) is 0.344. The molecule has 3 aromatic rings. The second-order valence-corrected chi connectivity index (χ2v) is 9.16. The summed E-state index contributed by atoms with van der Waals surface area (Å²) in [6.07, 6.45) is 3.46. The maximum atomic E-state index is 14.2. The van der Waals surface area contributed by atoms with Crippen LogP contribution in [0.3, 0.4) is 0 Å². The Labute approximate surface area is 219 Å². The van der Waals surface area contributed by atoms with Gasteiger partial charge in [-0.15, -0.1) is 13.2 Å². The second-order valence-electron chi connectivity index (χ2n) is 8.73. The van der Waals surface area contributed by atoms with Crippen molar-refractivity contribution in [2.24, 2.45) is 5.92 Å². The first kappa shape index (κ1) is 26.3. The molecule has 0 aliphatic carbocycles. The van der Waals surface area contributed by atoms with Crippen LogP contribution >= 0.6 is 11.6 Å². The molecule has 0 radical (unpaired) electrons. The van der Waals surface area contributed by atoms with E-state index < -0.39 is 17.7 Å². The molecule has 6 nitrogen and oxygen atoms in total. The molecular weight excluding hydrogens is 498 g/mol. The van der Waals surface area contributed by atoms with Crippen molar-refractivity contribution in [3.63, 3.8) is 0 Å². The van der Waals surface area contributed by atoms with E-state index in [1.807, 2.05) is 30.3 Å². The molecule has 2 heterocycles. The number of aromatic nitrogens is 2. The Bertz CT molecular complexity index is 1310. The number of ether oxygens (including phenoxy) is 1. The van der Waals surface area contributed by atoms with Gasteiger partial charge in [-0.25, -0.2) is 8.78 Å². The van der Waals surface area contributed by atoms with Crippen LogP contribution in [0.15, 0.2) is 73.8 Å². The van der Waals surface area contributed by atoms with Gasteiger partial charge >= 0.3 is 0 Å². The van der Waals surface area contributed by atoms with Gasteiger partial charge < -0.3 is 15.0 Å². The fourth-order valence-corrected chi connectivity index (χ4v) is 4.38. The molecule has 37 heavy (non-hydrogen) atoms. The highest BCUT2D eigenvalue weighted by atomic mass is 35.5. The van der Waals surface area contributed by atoms with Gasteiger partial charge in [-0.3, -0.25) is 4.79 Å². The largest absolute Gasteiger partial charge is 0.481 e. The number of carbonyl (C=O) groups excluding carboxylic acids is 1. The molecular formula is C28H27ClF2N4O2. The fourth-order valence-electron chi connectivity index (χ4n) is 4.21. The number of carbonyl (C=O) groups is 1. The standard InChI is InChI=1S/C28H27ClF2N4O2/c1-4-6-18-7-9-19(10-8-18)23-15-21(29)11-12-22(23)26(36)32-24-16-25(37-3)34-27(33-24)35-14-13-28(30,31)20(5-2)17-35/h4-5,7-12,15-16,20H,1-2,6,13-14,17H2,3H3,(H,32,33,34,36). The maximum absolute atomic E-state index is 14.2. The number of nitrogens with one attached hydrogen (secondary N) is 1. The third-order valence-corrected chi connectivity index (χ3v) is 6.49. The van der Waals surface area contributed by atoms with E-state index in [1.54, 1.807) is 23.1 Å². The van der Waals surface area contributed by atoms with Crippen LogP contribution in [0.5, 0.6) is 5.88 Å². The van der Waals surface area contributed by atoms with Crippen molar-refractivity contribution < 1.29 is 18.3 Å². The third kappa shape index (κ3) is 5.97. The molecule has 1 aromatic heterocycles. The van der Waals surface area contributed by atoms with Crippen LogP contribution in [0.2, 0.25) is 5.02 Å². The lowest BCUT2D eigenvalue weighted by Crippen LogP contribution is -2.47. The molecule has 1 N–H and O–H groups in total. The zero-order valence-corrected chi connectivity index (χ0v) is 21.1. The topological polar surface area (TPSA) is 67.3 Å². The summed E-state index contributed by atoms with van der Waals surface area (Å²) in [4.78, 5) is 23.7. The number of piperidine rings is 1. The van der Waals surface area contributed by atoms with E-state index in [0.29, 0.717) is 16.1 Å².